The lowest BCUT2D eigenvalue weighted by molar-refractivity contribution is -0.386. The fourth-order valence-corrected chi connectivity index (χ4v) is 1.49. The van der Waals surface area contributed by atoms with Gasteiger partial charge >= 0.3 is 5.69 Å². The van der Waals surface area contributed by atoms with Gasteiger partial charge in [0, 0.05) is 13.6 Å². The third kappa shape index (κ3) is 2.48. The second-order valence-corrected chi connectivity index (χ2v) is 3.61. The molecule has 0 aliphatic heterocycles. The summed E-state index contributed by atoms with van der Waals surface area (Å²) >= 11 is 0. The highest BCUT2D eigenvalue weighted by atomic mass is 16.6. The highest BCUT2D eigenvalue weighted by Gasteiger charge is 2.26. The Morgan fingerprint density at radius 1 is 1.69 bits per heavy atom. The van der Waals surface area contributed by atoms with E-state index in [4.69, 9.17) is 4.74 Å². The molecule has 1 aromatic heterocycles. The van der Waals surface area contributed by atoms with Crippen LogP contribution < -0.4 is 10.1 Å². The van der Waals surface area contributed by atoms with Crippen molar-refractivity contribution in [1.82, 2.24) is 15.1 Å². The van der Waals surface area contributed by atoms with Gasteiger partial charge in [0.15, 0.2) is 0 Å². The summed E-state index contributed by atoms with van der Waals surface area (Å²) < 4.78 is 6.88. The topological polar surface area (TPSA) is 82.2 Å². The molecule has 0 spiro atoms. The summed E-state index contributed by atoms with van der Waals surface area (Å²) in [6.07, 6.45) is -0.154. The third-order valence-corrected chi connectivity index (χ3v) is 2.13. The molecule has 0 aliphatic rings. The number of hydrogen-bond donors (Lipinski definition) is 1. The van der Waals surface area contributed by atoms with E-state index in [-0.39, 0.29) is 17.7 Å². The molecule has 0 bridgehead atoms. The first-order valence-electron chi connectivity index (χ1n) is 4.96. The quantitative estimate of drug-likeness (QED) is 0.590. The van der Waals surface area contributed by atoms with Crippen molar-refractivity contribution in [2.75, 3.05) is 13.6 Å². The minimum atomic E-state index is -0.468. The van der Waals surface area contributed by atoms with Gasteiger partial charge in [-0.25, -0.2) is 4.68 Å². The van der Waals surface area contributed by atoms with Crippen LogP contribution in [0.15, 0.2) is 0 Å². The molecule has 1 rings (SSSR count). The van der Waals surface area contributed by atoms with E-state index in [1.807, 2.05) is 6.92 Å². The van der Waals surface area contributed by atoms with E-state index in [1.165, 1.54) is 4.68 Å². The van der Waals surface area contributed by atoms with E-state index in [0.29, 0.717) is 12.2 Å². The molecular weight excluding hydrogens is 212 g/mol. The lowest BCUT2D eigenvalue weighted by atomic mass is 10.4. The second-order valence-electron chi connectivity index (χ2n) is 3.61. The largest absolute Gasteiger partial charge is 0.469 e. The van der Waals surface area contributed by atoms with E-state index >= 15 is 0 Å². The SMILES string of the molecule is CNCC(C)Oc1c([N+](=O)[O-])c(C)nn1C. The highest BCUT2D eigenvalue weighted by molar-refractivity contribution is 5.45. The lowest BCUT2D eigenvalue weighted by Gasteiger charge is -2.13. The average molecular weight is 228 g/mol. The summed E-state index contributed by atoms with van der Waals surface area (Å²) in [7, 11) is 3.42. The van der Waals surface area contributed by atoms with Gasteiger partial charge < -0.3 is 10.1 Å². The minimum Gasteiger partial charge on any atom is -0.469 e. The summed E-state index contributed by atoms with van der Waals surface area (Å²) in [6.45, 7) is 4.04. The van der Waals surface area contributed by atoms with Gasteiger partial charge in [-0.2, -0.15) is 5.10 Å². The van der Waals surface area contributed by atoms with Gasteiger partial charge in [-0.1, -0.05) is 0 Å². The zero-order chi connectivity index (χ0) is 12.3. The molecule has 1 atom stereocenters. The van der Waals surface area contributed by atoms with Crippen molar-refractivity contribution in [3.05, 3.63) is 15.8 Å². The number of nitro groups is 1. The maximum absolute atomic E-state index is 10.9. The Morgan fingerprint density at radius 3 is 2.81 bits per heavy atom. The summed E-state index contributed by atoms with van der Waals surface area (Å²) in [4.78, 5) is 10.4. The van der Waals surface area contributed by atoms with Crippen LogP contribution in [0.4, 0.5) is 5.69 Å². The van der Waals surface area contributed by atoms with Gasteiger partial charge in [-0.3, -0.25) is 10.1 Å². The summed E-state index contributed by atoms with van der Waals surface area (Å²) in [5.41, 5.74) is 0.296. The fraction of sp³-hybridized carbons (Fsp3) is 0.667. The van der Waals surface area contributed by atoms with Crippen LogP contribution in [0.25, 0.3) is 0 Å². The normalized spacial score (nSPS) is 12.5. The van der Waals surface area contributed by atoms with Gasteiger partial charge in [0.05, 0.1) is 4.92 Å². The Balaban J connectivity index is 2.98. The van der Waals surface area contributed by atoms with Gasteiger partial charge in [0.2, 0.25) is 0 Å². The van der Waals surface area contributed by atoms with Crippen molar-refractivity contribution in [2.24, 2.45) is 7.05 Å². The molecule has 16 heavy (non-hydrogen) atoms. The molecule has 0 saturated heterocycles. The van der Waals surface area contributed by atoms with Crippen LogP contribution in [0.1, 0.15) is 12.6 Å². The van der Waals surface area contributed by atoms with Crippen LogP contribution in [0.5, 0.6) is 5.88 Å². The molecule has 1 heterocycles. The van der Waals surface area contributed by atoms with Crippen LogP contribution in [-0.2, 0) is 7.05 Å². The first-order valence-corrected chi connectivity index (χ1v) is 4.96. The second kappa shape index (κ2) is 4.93. The van der Waals surface area contributed by atoms with E-state index < -0.39 is 4.92 Å². The lowest BCUT2D eigenvalue weighted by Crippen LogP contribution is -2.27. The molecule has 0 aromatic carbocycles. The maximum atomic E-state index is 10.9. The molecule has 7 heteroatoms. The van der Waals surface area contributed by atoms with Gasteiger partial charge in [0.25, 0.3) is 5.88 Å². The molecular formula is C9H16N4O3. The van der Waals surface area contributed by atoms with Crippen molar-refractivity contribution < 1.29 is 9.66 Å². The first-order chi connectivity index (χ1) is 7.47. The molecule has 90 valence electrons. The predicted octanol–water partition coefficient (Wildman–Crippen LogP) is 0.623. The van der Waals surface area contributed by atoms with Gasteiger partial charge in [-0.15, -0.1) is 0 Å². The van der Waals surface area contributed by atoms with Crippen LogP contribution >= 0.6 is 0 Å². The van der Waals surface area contributed by atoms with E-state index in [9.17, 15) is 10.1 Å². The zero-order valence-electron chi connectivity index (χ0n) is 9.85. The number of rotatable bonds is 5. The molecule has 0 saturated carbocycles. The molecule has 7 nitrogen and oxygen atoms in total. The van der Waals surface area contributed by atoms with Crippen LogP contribution in [-0.4, -0.2) is 34.4 Å². The van der Waals surface area contributed by atoms with Crippen molar-refractivity contribution in [1.29, 1.82) is 0 Å². The summed E-state index contributed by atoms with van der Waals surface area (Å²) in [5, 5.41) is 17.8. The van der Waals surface area contributed by atoms with E-state index in [0.717, 1.165) is 0 Å². The number of ether oxygens (including phenoxy) is 1. The molecule has 1 aromatic rings. The summed E-state index contributed by atoms with van der Waals surface area (Å²) in [5.74, 6) is 0.199. The van der Waals surface area contributed by atoms with Crippen molar-refractivity contribution >= 4 is 5.69 Å². The zero-order valence-corrected chi connectivity index (χ0v) is 9.85. The van der Waals surface area contributed by atoms with E-state index in [1.54, 1.807) is 21.0 Å². The number of aromatic nitrogens is 2. The van der Waals surface area contributed by atoms with E-state index in [2.05, 4.69) is 10.4 Å². The Bertz CT molecular complexity index is 388. The van der Waals surface area contributed by atoms with Crippen molar-refractivity contribution in [3.63, 3.8) is 0 Å². The van der Waals surface area contributed by atoms with Crippen molar-refractivity contribution in [2.45, 2.75) is 20.0 Å². The molecule has 0 fully saturated rings. The Labute approximate surface area is 93.5 Å². The van der Waals surface area contributed by atoms with Crippen LogP contribution in [0, 0.1) is 17.0 Å². The fourth-order valence-electron chi connectivity index (χ4n) is 1.49. The number of hydrogen-bond acceptors (Lipinski definition) is 5. The Hall–Kier alpha value is -1.63. The standard InChI is InChI=1S/C9H16N4O3/c1-6(5-10-3)16-9-8(13(14)15)7(2)11-12(9)4/h6,10H,5H2,1-4H3. The Morgan fingerprint density at radius 2 is 2.31 bits per heavy atom. The first kappa shape index (κ1) is 12.4. The molecule has 1 unspecified atom stereocenters. The Kier molecular flexibility index (Phi) is 3.83. The average Bonchev–Trinajstić information content (AvgIpc) is 2.41. The van der Waals surface area contributed by atoms with Gasteiger partial charge in [-0.05, 0) is 20.9 Å². The minimum absolute atomic E-state index is 0.0644. The molecule has 0 aliphatic carbocycles. The number of nitrogens with zero attached hydrogens (tertiary/aromatic N) is 3. The third-order valence-electron chi connectivity index (χ3n) is 2.13. The summed E-state index contributed by atoms with van der Waals surface area (Å²) in [6, 6.07) is 0. The smallest absolute Gasteiger partial charge is 0.353 e. The van der Waals surface area contributed by atoms with Gasteiger partial charge in [0.1, 0.15) is 11.8 Å². The monoisotopic (exact) mass is 228 g/mol. The number of nitrogens with one attached hydrogen (secondary N) is 1. The van der Waals surface area contributed by atoms with Crippen molar-refractivity contribution in [3.8, 4) is 5.88 Å². The molecule has 0 amide bonds. The van der Waals surface area contributed by atoms with Crippen LogP contribution in [0.3, 0.4) is 0 Å². The highest BCUT2D eigenvalue weighted by Crippen LogP contribution is 2.30. The maximum Gasteiger partial charge on any atom is 0.353 e. The molecule has 0 radical (unpaired) electrons. The predicted molar refractivity (Wildman–Crippen MR) is 58.6 cm³/mol. The number of likely N-dealkylation sites (N-methyl/N-ethyl adjacent to an activating group) is 1. The molecule has 1 N–H and O–H groups in total. The number of aryl methyl sites for hydroxylation is 2. The van der Waals surface area contributed by atoms with Crippen LogP contribution in [0.2, 0.25) is 0 Å².